The predicted molar refractivity (Wildman–Crippen MR) is 88.7 cm³/mol. The number of fused-ring (bicyclic) bond motifs is 1. The standard InChI is InChI=1S/C17H22N4O2/c1-11-5-6-15-14(9-11)16(21-20-15)17(22)19-12-3-2-4-13(10-12)23-8-7-18/h2-4,10-11H,5-9,18H2,1H3,(H,19,22)(H,20,21). The number of nitrogens with zero attached hydrogens (tertiary/aromatic N) is 1. The number of carbonyl (C=O) groups excluding carboxylic acids is 1. The van der Waals surface area contributed by atoms with Crippen LogP contribution in [0.3, 0.4) is 0 Å². The molecule has 0 saturated heterocycles. The van der Waals surface area contributed by atoms with Gasteiger partial charge in [-0.3, -0.25) is 9.89 Å². The Morgan fingerprint density at radius 2 is 2.39 bits per heavy atom. The Balaban J connectivity index is 1.74. The maximum absolute atomic E-state index is 12.5. The second-order valence-corrected chi connectivity index (χ2v) is 6.00. The predicted octanol–water partition coefficient (Wildman–Crippen LogP) is 2.12. The van der Waals surface area contributed by atoms with Crippen LogP contribution in [0.1, 0.15) is 35.1 Å². The minimum atomic E-state index is -0.187. The van der Waals surface area contributed by atoms with Gasteiger partial charge in [0, 0.05) is 29.6 Å². The molecule has 0 fully saturated rings. The molecule has 1 aliphatic carbocycles. The minimum Gasteiger partial charge on any atom is -0.492 e. The SMILES string of the molecule is CC1CCc2[nH]nc(C(=O)Nc3cccc(OCCN)c3)c2C1. The van der Waals surface area contributed by atoms with Crippen LogP contribution < -0.4 is 15.8 Å². The largest absolute Gasteiger partial charge is 0.492 e. The lowest BCUT2D eigenvalue weighted by Crippen LogP contribution is -2.18. The van der Waals surface area contributed by atoms with E-state index < -0.39 is 0 Å². The average Bonchev–Trinajstić information content (AvgIpc) is 2.96. The van der Waals surface area contributed by atoms with E-state index in [-0.39, 0.29) is 5.91 Å². The number of nitrogens with one attached hydrogen (secondary N) is 2. The molecule has 122 valence electrons. The van der Waals surface area contributed by atoms with Crippen molar-refractivity contribution in [3.63, 3.8) is 0 Å². The Morgan fingerprint density at radius 3 is 3.22 bits per heavy atom. The average molecular weight is 314 g/mol. The summed E-state index contributed by atoms with van der Waals surface area (Å²) in [5.74, 6) is 1.08. The first-order valence-electron chi connectivity index (χ1n) is 7.97. The Labute approximate surface area is 135 Å². The molecular formula is C17H22N4O2. The highest BCUT2D eigenvalue weighted by atomic mass is 16.5. The molecule has 1 aliphatic rings. The molecule has 6 nitrogen and oxygen atoms in total. The van der Waals surface area contributed by atoms with Crippen molar-refractivity contribution < 1.29 is 9.53 Å². The zero-order chi connectivity index (χ0) is 16.2. The summed E-state index contributed by atoms with van der Waals surface area (Å²) in [6.45, 7) is 3.10. The van der Waals surface area contributed by atoms with Crippen molar-refractivity contribution in [2.45, 2.75) is 26.2 Å². The van der Waals surface area contributed by atoms with Crippen LogP contribution in [0, 0.1) is 5.92 Å². The Hall–Kier alpha value is -2.34. The van der Waals surface area contributed by atoms with Gasteiger partial charge in [0.25, 0.3) is 5.91 Å². The molecule has 1 atom stereocenters. The molecule has 0 radical (unpaired) electrons. The van der Waals surface area contributed by atoms with E-state index in [0.717, 1.165) is 30.5 Å². The highest BCUT2D eigenvalue weighted by Gasteiger charge is 2.24. The topological polar surface area (TPSA) is 93.0 Å². The molecule has 0 saturated carbocycles. The van der Waals surface area contributed by atoms with E-state index >= 15 is 0 Å². The van der Waals surface area contributed by atoms with Crippen LogP contribution in [0.2, 0.25) is 0 Å². The number of aryl methyl sites for hydroxylation is 1. The van der Waals surface area contributed by atoms with E-state index in [1.54, 1.807) is 6.07 Å². The van der Waals surface area contributed by atoms with E-state index in [1.165, 1.54) is 0 Å². The van der Waals surface area contributed by atoms with Crippen LogP contribution in [0.15, 0.2) is 24.3 Å². The van der Waals surface area contributed by atoms with Crippen molar-refractivity contribution in [3.05, 3.63) is 41.2 Å². The number of aromatic nitrogens is 2. The second kappa shape index (κ2) is 6.83. The number of ether oxygens (including phenoxy) is 1. The summed E-state index contributed by atoms with van der Waals surface area (Å²) in [6, 6.07) is 7.29. The lowest BCUT2D eigenvalue weighted by molar-refractivity contribution is 0.102. The van der Waals surface area contributed by atoms with E-state index in [2.05, 4.69) is 22.4 Å². The normalized spacial score (nSPS) is 16.7. The van der Waals surface area contributed by atoms with Gasteiger partial charge in [0.05, 0.1) is 0 Å². The summed E-state index contributed by atoms with van der Waals surface area (Å²) in [7, 11) is 0. The van der Waals surface area contributed by atoms with Gasteiger partial charge >= 0.3 is 0 Å². The third-order valence-electron chi connectivity index (χ3n) is 4.09. The highest BCUT2D eigenvalue weighted by Crippen LogP contribution is 2.27. The third-order valence-corrected chi connectivity index (χ3v) is 4.09. The molecule has 0 bridgehead atoms. The fourth-order valence-electron chi connectivity index (χ4n) is 2.89. The van der Waals surface area contributed by atoms with Crippen molar-refractivity contribution in [2.24, 2.45) is 11.7 Å². The van der Waals surface area contributed by atoms with Crippen molar-refractivity contribution in [1.82, 2.24) is 10.2 Å². The summed E-state index contributed by atoms with van der Waals surface area (Å²) in [5, 5.41) is 10.1. The number of carbonyl (C=O) groups is 1. The quantitative estimate of drug-likeness (QED) is 0.788. The lowest BCUT2D eigenvalue weighted by atomic mass is 9.87. The Bertz CT molecular complexity index is 696. The number of amides is 1. The van der Waals surface area contributed by atoms with Crippen molar-refractivity contribution in [2.75, 3.05) is 18.5 Å². The van der Waals surface area contributed by atoms with Gasteiger partial charge in [-0.05, 0) is 37.3 Å². The fourth-order valence-corrected chi connectivity index (χ4v) is 2.89. The summed E-state index contributed by atoms with van der Waals surface area (Å²) in [4.78, 5) is 12.5. The van der Waals surface area contributed by atoms with Gasteiger partial charge in [-0.1, -0.05) is 13.0 Å². The van der Waals surface area contributed by atoms with Gasteiger partial charge in [0.1, 0.15) is 12.4 Å². The summed E-state index contributed by atoms with van der Waals surface area (Å²) in [6.07, 6.45) is 2.99. The molecule has 1 heterocycles. The van der Waals surface area contributed by atoms with Gasteiger partial charge in [0.15, 0.2) is 5.69 Å². The zero-order valence-electron chi connectivity index (χ0n) is 13.3. The Kier molecular flexibility index (Phi) is 4.62. The van der Waals surface area contributed by atoms with E-state index in [4.69, 9.17) is 10.5 Å². The van der Waals surface area contributed by atoms with Gasteiger partial charge in [-0.25, -0.2) is 0 Å². The summed E-state index contributed by atoms with van der Waals surface area (Å²) < 4.78 is 5.47. The molecule has 0 aliphatic heterocycles. The van der Waals surface area contributed by atoms with Crippen LogP contribution in [0.25, 0.3) is 0 Å². The Morgan fingerprint density at radius 1 is 1.52 bits per heavy atom. The summed E-state index contributed by atoms with van der Waals surface area (Å²) >= 11 is 0. The maximum atomic E-state index is 12.5. The first-order chi connectivity index (χ1) is 11.2. The lowest BCUT2D eigenvalue weighted by Gasteiger charge is -2.18. The van der Waals surface area contributed by atoms with Crippen LogP contribution in [-0.2, 0) is 12.8 Å². The maximum Gasteiger partial charge on any atom is 0.276 e. The smallest absolute Gasteiger partial charge is 0.276 e. The molecular weight excluding hydrogens is 292 g/mol. The molecule has 1 aromatic heterocycles. The van der Waals surface area contributed by atoms with Crippen LogP contribution in [0.5, 0.6) is 5.75 Å². The fraction of sp³-hybridized carbons (Fsp3) is 0.412. The number of nitrogens with two attached hydrogens (primary N) is 1. The van der Waals surface area contributed by atoms with E-state index in [1.807, 2.05) is 18.2 Å². The van der Waals surface area contributed by atoms with Crippen LogP contribution in [-0.4, -0.2) is 29.3 Å². The number of hydrogen-bond donors (Lipinski definition) is 3. The third kappa shape index (κ3) is 3.53. The van der Waals surface area contributed by atoms with Crippen molar-refractivity contribution in [1.29, 1.82) is 0 Å². The minimum absolute atomic E-state index is 0.187. The van der Waals surface area contributed by atoms with Crippen molar-refractivity contribution in [3.8, 4) is 5.75 Å². The van der Waals surface area contributed by atoms with Crippen molar-refractivity contribution >= 4 is 11.6 Å². The monoisotopic (exact) mass is 314 g/mol. The number of anilines is 1. The van der Waals surface area contributed by atoms with E-state index in [9.17, 15) is 4.79 Å². The van der Waals surface area contributed by atoms with Gasteiger partial charge in [-0.2, -0.15) is 5.10 Å². The molecule has 1 aromatic carbocycles. The number of hydrogen-bond acceptors (Lipinski definition) is 4. The van der Waals surface area contributed by atoms with Gasteiger partial charge < -0.3 is 15.8 Å². The number of rotatable bonds is 5. The molecule has 23 heavy (non-hydrogen) atoms. The number of benzene rings is 1. The molecule has 1 unspecified atom stereocenters. The second-order valence-electron chi connectivity index (χ2n) is 6.00. The molecule has 3 rings (SSSR count). The molecule has 6 heteroatoms. The van der Waals surface area contributed by atoms with Crippen LogP contribution >= 0.6 is 0 Å². The number of H-pyrrole nitrogens is 1. The highest BCUT2D eigenvalue weighted by molar-refractivity contribution is 6.04. The first-order valence-corrected chi connectivity index (χ1v) is 7.97. The summed E-state index contributed by atoms with van der Waals surface area (Å²) in [5.41, 5.74) is 8.76. The molecule has 0 spiro atoms. The van der Waals surface area contributed by atoms with E-state index in [0.29, 0.717) is 36.2 Å². The molecule has 2 aromatic rings. The molecule has 4 N–H and O–H groups in total. The first kappa shape index (κ1) is 15.6. The molecule has 1 amide bonds. The number of aromatic amines is 1. The van der Waals surface area contributed by atoms with Crippen LogP contribution in [0.4, 0.5) is 5.69 Å². The van der Waals surface area contributed by atoms with Gasteiger partial charge in [0.2, 0.25) is 0 Å². The zero-order valence-corrected chi connectivity index (χ0v) is 13.3. The van der Waals surface area contributed by atoms with Gasteiger partial charge in [-0.15, -0.1) is 0 Å².